The van der Waals surface area contributed by atoms with E-state index in [0.29, 0.717) is 24.5 Å². The summed E-state index contributed by atoms with van der Waals surface area (Å²) in [6, 6.07) is 7.08. The zero-order valence-corrected chi connectivity index (χ0v) is 7.47. The maximum Gasteiger partial charge on any atom is 0.345 e. The van der Waals surface area contributed by atoms with Crippen molar-refractivity contribution in [1.82, 2.24) is 0 Å². The lowest BCUT2D eigenvalue weighted by atomic mass is 10.2. The van der Waals surface area contributed by atoms with E-state index < -0.39 is 12.1 Å². The number of hydrogen-bond donors (Lipinski definition) is 1. The number of carboxylic acids is 1. The number of para-hydroxylation sites is 2. The maximum absolute atomic E-state index is 10.7. The predicted octanol–water partition coefficient (Wildman–Crippen LogP) is 1.30. The molecule has 1 aromatic rings. The van der Waals surface area contributed by atoms with Gasteiger partial charge < -0.3 is 14.6 Å². The van der Waals surface area contributed by atoms with Crippen LogP contribution < -0.4 is 9.47 Å². The SMILES string of the molecule is O=C(O)C1CCOc2ccccc2O1. The molecule has 14 heavy (non-hydrogen) atoms. The van der Waals surface area contributed by atoms with E-state index in [0.717, 1.165) is 0 Å². The summed E-state index contributed by atoms with van der Waals surface area (Å²) < 4.78 is 10.6. The van der Waals surface area contributed by atoms with Crippen LogP contribution in [0.2, 0.25) is 0 Å². The van der Waals surface area contributed by atoms with Crippen LogP contribution in [0.25, 0.3) is 0 Å². The minimum Gasteiger partial charge on any atom is -0.490 e. The van der Waals surface area contributed by atoms with Gasteiger partial charge in [0.1, 0.15) is 0 Å². The summed E-state index contributed by atoms with van der Waals surface area (Å²) in [7, 11) is 0. The van der Waals surface area contributed by atoms with Crippen LogP contribution in [-0.2, 0) is 4.79 Å². The van der Waals surface area contributed by atoms with Crippen molar-refractivity contribution >= 4 is 5.97 Å². The Morgan fingerprint density at radius 2 is 2.07 bits per heavy atom. The highest BCUT2D eigenvalue weighted by Crippen LogP contribution is 2.30. The molecule has 0 aromatic heterocycles. The Balaban J connectivity index is 2.26. The third kappa shape index (κ3) is 1.64. The minimum absolute atomic E-state index is 0.365. The first-order valence-corrected chi connectivity index (χ1v) is 4.38. The second-order valence-electron chi connectivity index (χ2n) is 3.03. The number of rotatable bonds is 1. The Kier molecular flexibility index (Phi) is 2.26. The van der Waals surface area contributed by atoms with E-state index in [2.05, 4.69) is 0 Å². The first kappa shape index (κ1) is 8.87. The Morgan fingerprint density at radius 1 is 1.36 bits per heavy atom. The molecular weight excluding hydrogens is 184 g/mol. The Hall–Kier alpha value is -1.71. The van der Waals surface area contributed by atoms with Crippen molar-refractivity contribution < 1.29 is 19.4 Å². The molecule has 2 rings (SSSR count). The first-order valence-electron chi connectivity index (χ1n) is 4.38. The van der Waals surface area contributed by atoms with Gasteiger partial charge in [-0.2, -0.15) is 0 Å². The molecule has 0 bridgehead atoms. The highest BCUT2D eigenvalue weighted by atomic mass is 16.5. The van der Waals surface area contributed by atoms with Crippen molar-refractivity contribution in [2.75, 3.05) is 6.61 Å². The lowest BCUT2D eigenvalue weighted by Gasteiger charge is -2.10. The van der Waals surface area contributed by atoms with E-state index in [4.69, 9.17) is 14.6 Å². The summed E-state index contributed by atoms with van der Waals surface area (Å²) in [6.07, 6.45) is -0.442. The van der Waals surface area contributed by atoms with Gasteiger partial charge in [0.25, 0.3) is 0 Å². The molecule has 0 spiro atoms. The van der Waals surface area contributed by atoms with Crippen molar-refractivity contribution in [3.05, 3.63) is 24.3 Å². The van der Waals surface area contributed by atoms with E-state index in [1.54, 1.807) is 18.2 Å². The van der Waals surface area contributed by atoms with Gasteiger partial charge in [-0.25, -0.2) is 4.79 Å². The number of fused-ring (bicyclic) bond motifs is 1. The molecule has 1 atom stereocenters. The van der Waals surface area contributed by atoms with Crippen LogP contribution in [0.15, 0.2) is 24.3 Å². The number of hydrogen-bond acceptors (Lipinski definition) is 3. The zero-order chi connectivity index (χ0) is 9.97. The second kappa shape index (κ2) is 3.57. The van der Waals surface area contributed by atoms with Crippen LogP contribution in [-0.4, -0.2) is 23.8 Å². The van der Waals surface area contributed by atoms with Crippen LogP contribution >= 0.6 is 0 Å². The van der Waals surface area contributed by atoms with Crippen LogP contribution in [0.1, 0.15) is 6.42 Å². The standard InChI is InChI=1S/C10H10O4/c11-10(12)9-5-6-13-7-3-1-2-4-8(7)14-9/h1-4,9H,5-6H2,(H,11,12). The molecule has 0 saturated carbocycles. The fourth-order valence-corrected chi connectivity index (χ4v) is 1.33. The van der Waals surface area contributed by atoms with E-state index in [1.165, 1.54) is 0 Å². The van der Waals surface area contributed by atoms with E-state index in [-0.39, 0.29) is 0 Å². The molecule has 1 aromatic carbocycles. The van der Waals surface area contributed by atoms with Crippen LogP contribution in [0.4, 0.5) is 0 Å². The molecule has 1 heterocycles. The normalized spacial score (nSPS) is 19.9. The molecule has 0 saturated heterocycles. The molecule has 0 fully saturated rings. The third-order valence-corrected chi connectivity index (χ3v) is 2.03. The highest BCUT2D eigenvalue weighted by Gasteiger charge is 2.23. The number of ether oxygens (including phenoxy) is 2. The fourth-order valence-electron chi connectivity index (χ4n) is 1.33. The largest absolute Gasteiger partial charge is 0.490 e. The average Bonchev–Trinajstić information content (AvgIpc) is 2.39. The lowest BCUT2D eigenvalue weighted by molar-refractivity contribution is -0.145. The molecule has 1 aliphatic rings. The van der Waals surface area contributed by atoms with Crippen molar-refractivity contribution in [3.8, 4) is 11.5 Å². The summed E-state index contributed by atoms with van der Waals surface area (Å²) in [5, 5.41) is 8.81. The van der Waals surface area contributed by atoms with Gasteiger partial charge in [-0.05, 0) is 12.1 Å². The number of carboxylic acid groups (broad SMARTS) is 1. The van der Waals surface area contributed by atoms with Crippen LogP contribution in [0, 0.1) is 0 Å². The van der Waals surface area contributed by atoms with Gasteiger partial charge in [-0.1, -0.05) is 12.1 Å². The zero-order valence-electron chi connectivity index (χ0n) is 7.47. The molecule has 74 valence electrons. The van der Waals surface area contributed by atoms with Gasteiger partial charge >= 0.3 is 5.97 Å². The lowest BCUT2D eigenvalue weighted by Crippen LogP contribution is -2.27. The molecular formula is C10H10O4. The highest BCUT2D eigenvalue weighted by molar-refractivity contribution is 5.73. The van der Waals surface area contributed by atoms with Crippen molar-refractivity contribution in [1.29, 1.82) is 0 Å². The third-order valence-electron chi connectivity index (χ3n) is 2.03. The van der Waals surface area contributed by atoms with Crippen LogP contribution in [0.3, 0.4) is 0 Å². The number of benzene rings is 1. The summed E-state index contributed by atoms with van der Waals surface area (Å²) >= 11 is 0. The monoisotopic (exact) mass is 194 g/mol. The van der Waals surface area contributed by atoms with Crippen molar-refractivity contribution in [2.45, 2.75) is 12.5 Å². The van der Waals surface area contributed by atoms with Crippen molar-refractivity contribution in [3.63, 3.8) is 0 Å². The molecule has 1 unspecified atom stereocenters. The van der Waals surface area contributed by atoms with Gasteiger partial charge in [-0.3, -0.25) is 0 Å². The van der Waals surface area contributed by atoms with Gasteiger partial charge in [-0.15, -0.1) is 0 Å². The minimum atomic E-state index is -0.953. The Bertz CT molecular complexity index is 348. The van der Waals surface area contributed by atoms with E-state index in [9.17, 15) is 4.79 Å². The molecule has 0 amide bonds. The molecule has 4 nitrogen and oxygen atoms in total. The van der Waals surface area contributed by atoms with Gasteiger partial charge in [0.05, 0.1) is 6.61 Å². The molecule has 0 aliphatic carbocycles. The van der Waals surface area contributed by atoms with Gasteiger partial charge in [0.15, 0.2) is 17.6 Å². The molecule has 4 heteroatoms. The number of carbonyl (C=O) groups is 1. The molecule has 0 radical (unpaired) electrons. The maximum atomic E-state index is 10.7. The summed E-state index contributed by atoms with van der Waals surface area (Å²) in [5.74, 6) is 0.152. The number of aliphatic carboxylic acids is 1. The Morgan fingerprint density at radius 3 is 2.79 bits per heavy atom. The molecule has 1 aliphatic heterocycles. The van der Waals surface area contributed by atoms with Gasteiger partial charge in [0.2, 0.25) is 0 Å². The first-order chi connectivity index (χ1) is 6.77. The van der Waals surface area contributed by atoms with Crippen molar-refractivity contribution in [2.24, 2.45) is 0 Å². The molecule has 1 N–H and O–H groups in total. The quantitative estimate of drug-likeness (QED) is 0.732. The topological polar surface area (TPSA) is 55.8 Å². The van der Waals surface area contributed by atoms with E-state index >= 15 is 0 Å². The summed E-state index contributed by atoms with van der Waals surface area (Å²) in [4.78, 5) is 10.7. The summed E-state index contributed by atoms with van der Waals surface area (Å²) in [6.45, 7) is 0.369. The van der Waals surface area contributed by atoms with Crippen LogP contribution in [0.5, 0.6) is 11.5 Å². The predicted molar refractivity (Wildman–Crippen MR) is 48.6 cm³/mol. The Labute approximate surface area is 81.1 Å². The second-order valence-corrected chi connectivity index (χ2v) is 3.03. The summed E-state index contributed by atoms with van der Waals surface area (Å²) in [5.41, 5.74) is 0. The smallest absolute Gasteiger partial charge is 0.345 e. The fraction of sp³-hybridized carbons (Fsp3) is 0.300. The van der Waals surface area contributed by atoms with E-state index in [1.807, 2.05) is 6.07 Å². The van der Waals surface area contributed by atoms with Gasteiger partial charge in [0, 0.05) is 6.42 Å². The average molecular weight is 194 g/mol.